The topological polar surface area (TPSA) is 76.1 Å². The van der Waals surface area contributed by atoms with E-state index in [9.17, 15) is 4.79 Å². The van der Waals surface area contributed by atoms with Gasteiger partial charge in [0, 0.05) is 29.7 Å². The second-order valence-corrected chi connectivity index (χ2v) is 6.37. The number of nitrogens with zero attached hydrogens (tertiary/aromatic N) is 2. The van der Waals surface area contributed by atoms with E-state index in [2.05, 4.69) is 26.5 Å². The number of terminal acetylenes is 1. The Morgan fingerprint density at radius 1 is 1.10 bits per heavy atom. The zero-order valence-electron chi connectivity index (χ0n) is 16.2. The molecule has 3 rings (SSSR count). The number of aromatic nitrogens is 2. The zero-order valence-corrected chi connectivity index (χ0v) is 16.2. The van der Waals surface area contributed by atoms with Crippen LogP contribution < -0.4 is 15.4 Å². The van der Waals surface area contributed by atoms with Gasteiger partial charge in [-0.15, -0.1) is 6.42 Å². The number of amides is 2. The van der Waals surface area contributed by atoms with Gasteiger partial charge in [0.1, 0.15) is 12.4 Å². The second kappa shape index (κ2) is 9.90. The summed E-state index contributed by atoms with van der Waals surface area (Å²) in [7, 11) is 0. The summed E-state index contributed by atoms with van der Waals surface area (Å²) >= 11 is 0. The van der Waals surface area contributed by atoms with Crippen molar-refractivity contribution in [2.45, 2.75) is 13.3 Å². The number of aryl methyl sites for hydroxylation is 1. The average molecular weight is 386 g/mol. The number of hydrogen-bond acceptors (Lipinski definition) is 4. The molecule has 1 aromatic heterocycles. The Bertz CT molecular complexity index is 993. The molecular formula is C23H22N4O2. The molecule has 146 valence electrons. The van der Waals surface area contributed by atoms with Gasteiger partial charge in [-0.3, -0.25) is 0 Å². The molecule has 2 amide bonds. The summed E-state index contributed by atoms with van der Waals surface area (Å²) < 4.78 is 5.34. The van der Waals surface area contributed by atoms with Gasteiger partial charge in [0.05, 0.1) is 0 Å². The molecule has 0 saturated heterocycles. The van der Waals surface area contributed by atoms with E-state index in [4.69, 9.17) is 11.2 Å². The van der Waals surface area contributed by atoms with Crippen LogP contribution in [-0.2, 0) is 6.42 Å². The van der Waals surface area contributed by atoms with Crippen LogP contribution in [0.2, 0.25) is 0 Å². The van der Waals surface area contributed by atoms with Crippen LogP contribution in [0.3, 0.4) is 0 Å². The van der Waals surface area contributed by atoms with Gasteiger partial charge in [-0.2, -0.15) is 0 Å². The van der Waals surface area contributed by atoms with Gasteiger partial charge in [0.2, 0.25) is 0 Å². The first-order valence-electron chi connectivity index (χ1n) is 9.24. The van der Waals surface area contributed by atoms with Gasteiger partial charge in [0.25, 0.3) is 0 Å². The molecule has 0 saturated carbocycles. The molecule has 0 bridgehead atoms. The predicted molar refractivity (Wildman–Crippen MR) is 114 cm³/mol. The third-order valence-corrected chi connectivity index (χ3v) is 4.14. The van der Waals surface area contributed by atoms with E-state index in [1.807, 2.05) is 61.5 Å². The second-order valence-electron chi connectivity index (χ2n) is 6.37. The SMILES string of the molecule is C#CCOc1ccc(CCNC(=O)Nc2ccc(-c3nccc(C)n3)cc2)cc1. The van der Waals surface area contributed by atoms with E-state index in [1.54, 1.807) is 6.20 Å². The molecule has 0 radical (unpaired) electrons. The molecule has 0 unspecified atom stereocenters. The maximum absolute atomic E-state index is 12.1. The Balaban J connectivity index is 1.45. The lowest BCUT2D eigenvalue weighted by molar-refractivity contribution is 0.252. The average Bonchev–Trinajstić information content (AvgIpc) is 2.74. The standard InChI is InChI=1S/C23H22N4O2/c1-3-16-29-21-10-4-18(5-11-21)13-15-25-23(28)27-20-8-6-19(7-9-20)22-24-14-12-17(2)26-22/h1,4-12,14H,13,15-16H2,2H3,(H2,25,27,28). The number of rotatable bonds is 7. The smallest absolute Gasteiger partial charge is 0.319 e. The molecule has 2 N–H and O–H groups in total. The fourth-order valence-corrected chi connectivity index (χ4v) is 2.66. The Morgan fingerprint density at radius 2 is 1.86 bits per heavy atom. The summed E-state index contributed by atoms with van der Waals surface area (Å²) in [5.74, 6) is 3.82. The van der Waals surface area contributed by atoms with Crippen molar-refractivity contribution in [3.05, 3.63) is 72.1 Å². The number of nitrogens with one attached hydrogen (secondary N) is 2. The van der Waals surface area contributed by atoms with E-state index in [-0.39, 0.29) is 12.6 Å². The first-order valence-corrected chi connectivity index (χ1v) is 9.24. The van der Waals surface area contributed by atoms with Crippen LogP contribution in [0.5, 0.6) is 5.75 Å². The maximum Gasteiger partial charge on any atom is 0.319 e. The first-order chi connectivity index (χ1) is 14.1. The highest BCUT2D eigenvalue weighted by molar-refractivity contribution is 5.89. The van der Waals surface area contributed by atoms with Crippen LogP contribution in [0.15, 0.2) is 60.8 Å². The molecule has 0 fully saturated rings. The number of ether oxygens (including phenoxy) is 1. The molecule has 6 heteroatoms. The van der Waals surface area contributed by atoms with E-state index < -0.39 is 0 Å². The van der Waals surface area contributed by atoms with Gasteiger partial charge >= 0.3 is 6.03 Å². The van der Waals surface area contributed by atoms with Crippen molar-refractivity contribution < 1.29 is 9.53 Å². The molecule has 0 spiro atoms. The lowest BCUT2D eigenvalue weighted by Gasteiger charge is -2.09. The van der Waals surface area contributed by atoms with E-state index in [1.165, 1.54) is 0 Å². The molecule has 0 aliphatic rings. The molecule has 0 aliphatic carbocycles. The van der Waals surface area contributed by atoms with Gasteiger partial charge in [0.15, 0.2) is 5.82 Å². The summed E-state index contributed by atoms with van der Waals surface area (Å²) in [6.07, 6.45) is 7.61. The van der Waals surface area contributed by atoms with Gasteiger partial charge < -0.3 is 15.4 Å². The van der Waals surface area contributed by atoms with Crippen LogP contribution in [0.1, 0.15) is 11.3 Å². The van der Waals surface area contributed by atoms with Crippen molar-refractivity contribution in [3.63, 3.8) is 0 Å². The summed E-state index contributed by atoms with van der Waals surface area (Å²) in [5.41, 5.74) is 3.61. The summed E-state index contributed by atoms with van der Waals surface area (Å²) in [5, 5.41) is 5.67. The molecular weight excluding hydrogens is 364 g/mol. The van der Waals surface area contributed by atoms with Crippen LogP contribution in [-0.4, -0.2) is 29.2 Å². The molecule has 0 atom stereocenters. The van der Waals surface area contributed by atoms with Crippen LogP contribution >= 0.6 is 0 Å². The molecule has 0 aliphatic heterocycles. The number of carbonyl (C=O) groups is 1. The fourth-order valence-electron chi connectivity index (χ4n) is 2.66. The normalized spacial score (nSPS) is 10.1. The number of anilines is 1. The highest BCUT2D eigenvalue weighted by Crippen LogP contribution is 2.18. The third-order valence-electron chi connectivity index (χ3n) is 4.14. The molecule has 2 aromatic carbocycles. The van der Waals surface area contributed by atoms with Crippen LogP contribution in [0, 0.1) is 19.3 Å². The van der Waals surface area contributed by atoms with E-state index in [0.29, 0.717) is 24.5 Å². The van der Waals surface area contributed by atoms with Gasteiger partial charge in [-0.25, -0.2) is 14.8 Å². The van der Waals surface area contributed by atoms with Crippen molar-refractivity contribution in [1.82, 2.24) is 15.3 Å². The van der Waals surface area contributed by atoms with Crippen molar-refractivity contribution in [2.75, 3.05) is 18.5 Å². The minimum absolute atomic E-state index is 0.250. The van der Waals surface area contributed by atoms with Gasteiger partial charge in [-0.05, 0) is 61.4 Å². The monoisotopic (exact) mass is 386 g/mol. The van der Waals surface area contributed by atoms with Crippen LogP contribution in [0.25, 0.3) is 11.4 Å². The van der Waals surface area contributed by atoms with Crippen molar-refractivity contribution in [3.8, 4) is 29.5 Å². The fraction of sp³-hybridized carbons (Fsp3) is 0.174. The zero-order chi connectivity index (χ0) is 20.5. The predicted octanol–water partition coefficient (Wildman–Crippen LogP) is 3.83. The van der Waals surface area contributed by atoms with Gasteiger partial charge in [-0.1, -0.05) is 18.1 Å². The third kappa shape index (κ3) is 6.08. The minimum Gasteiger partial charge on any atom is -0.481 e. The maximum atomic E-state index is 12.1. The van der Waals surface area contributed by atoms with Crippen molar-refractivity contribution >= 4 is 11.7 Å². The van der Waals surface area contributed by atoms with E-state index in [0.717, 1.165) is 22.6 Å². The molecule has 29 heavy (non-hydrogen) atoms. The largest absolute Gasteiger partial charge is 0.481 e. The Hall–Kier alpha value is -3.85. The van der Waals surface area contributed by atoms with E-state index >= 15 is 0 Å². The number of urea groups is 1. The summed E-state index contributed by atoms with van der Waals surface area (Å²) in [6.45, 7) is 2.69. The number of benzene rings is 2. The Kier molecular flexibility index (Phi) is 6.80. The number of carbonyl (C=O) groups excluding carboxylic acids is 1. The highest BCUT2D eigenvalue weighted by Gasteiger charge is 2.04. The first kappa shape index (κ1) is 19.9. The summed E-state index contributed by atoms with van der Waals surface area (Å²) in [6, 6.07) is 16.7. The highest BCUT2D eigenvalue weighted by atomic mass is 16.5. The molecule has 3 aromatic rings. The Labute approximate surface area is 170 Å². The molecule has 1 heterocycles. The summed E-state index contributed by atoms with van der Waals surface area (Å²) in [4.78, 5) is 20.7. The quantitative estimate of drug-likeness (QED) is 0.605. The molecule has 6 nitrogen and oxygen atoms in total. The lowest BCUT2D eigenvalue weighted by atomic mass is 10.1. The number of hydrogen-bond donors (Lipinski definition) is 2. The lowest BCUT2D eigenvalue weighted by Crippen LogP contribution is -2.30. The Morgan fingerprint density at radius 3 is 2.55 bits per heavy atom. The van der Waals surface area contributed by atoms with Crippen LogP contribution in [0.4, 0.5) is 10.5 Å². The minimum atomic E-state index is -0.251. The van der Waals surface area contributed by atoms with Crippen molar-refractivity contribution in [2.24, 2.45) is 0 Å². The van der Waals surface area contributed by atoms with Crippen molar-refractivity contribution in [1.29, 1.82) is 0 Å².